The van der Waals surface area contributed by atoms with Gasteiger partial charge in [0.25, 0.3) is 0 Å². The van der Waals surface area contributed by atoms with Crippen LogP contribution in [0.5, 0.6) is 5.75 Å². The summed E-state index contributed by atoms with van der Waals surface area (Å²) >= 11 is 0. The van der Waals surface area contributed by atoms with Gasteiger partial charge < -0.3 is 14.8 Å². The van der Waals surface area contributed by atoms with Crippen LogP contribution < -0.4 is 5.32 Å². The predicted octanol–water partition coefficient (Wildman–Crippen LogP) is 2.32. The quantitative estimate of drug-likeness (QED) is 0.755. The van der Waals surface area contributed by atoms with Crippen LogP contribution in [0.1, 0.15) is 11.1 Å². The van der Waals surface area contributed by atoms with Crippen molar-refractivity contribution in [2.24, 2.45) is 0 Å². The molecule has 0 fully saturated rings. The molecule has 0 saturated carbocycles. The van der Waals surface area contributed by atoms with Gasteiger partial charge in [0, 0.05) is 12.1 Å². The van der Waals surface area contributed by atoms with Crippen LogP contribution in [-0.4, -0.2) is 11.7 Å². The minimum Gasteiger partial charge on any atom is -0.508 e. The molecule has 2 N–H and O–H groups in total. The van der Waals surface area contributed by atoms with Crippen LogP contribution in [0.2, 0.25) is 0 Å². The fourth-order valence-electron chi connectivity index (χ4n) is 1.52. The fourth-order valence-corrected chi connectivity index (χ4v) is 1.52. The third-order valence-electron chi connectivity index (χ3n) is 2.44. The smallest absolute Gasteiger partial charge is 0.115 e. The molecular weight excluding hydrogens is 202 g/mol. The molecule has 3 nitrogen and oxygen atoms in total. The molecule has 3 heteroatoms. The van der Waals surface area contributed by atoms with Crippen molar-refractivity contribution in [2.75, 3.05) is 6.54 Å². The van der Waals surface area contributed by atoms with E-state index in [1.807, 2.05) is 18.2 Å². The Morgan fingerprint density at radius 3 is 2.56 bits per heavy atom. The number of rotatable bonds is 5. The molecule has 0 radical (unpaired) electrons. The second-order valence-electron chi connectivity index (χ2n) is 3.72. The van der Waals surface area contributed by atoms with Gasteiger partial charge in [0.2, 0.25) is 0 Å². The van der Waals surface area contributed by atoms with Crippen LogP contribution >= 0.6 is 0 Å². The molecule has 0 amide bonds. The summed E-state index contributed by atoms with van der Waals surface area (Å²) in [5, 5.41) is 12.5. The molecule has 1 aromatic carbocycles. The highest BCUT2D eigenvalue weighted by Crippen LogP contribution is 2.09. The maximum atomic E-state index is 9.13. The van der Waals surface area contributed by atoms with E-state index in [1.54, 1.807) is 24.7 Å². The molecule has 0 bridgehead atoms. The first-order valence-electron chi connectivity index (χ1n) is 5.34. The van der Waals surface area contributed by atoms with E-state index >= 15 is 0 Å². The van der Waals surface area contributed by atoms with Crippen molar-refractivity contribution in [3.63, 3.8) is 0 Å². The first-order chi connectivity index (χ1) is 7.84. The van der Waals surface area contributed by atoms with E-state index in [2.05, 4.69) is 5.32 Å². The van der Waals surface area contributed by atoms with Gasteiger partial charge in [0.15, 0.2) is 0 Å². The van der Waals surface area contributed by atoms with E-state index in [0.29, 0.717) is 5.75 Å². The molecule has 2 aromatic rings. The zero-order valence-electron chi connectivity index (χ0n) is 9.02. The highest BCUT2D eigenvalue weighted by atomic mass is 16.3. The van der Waals surface area contributed by atoms with Crippen LogP contribution in [-0.2, 0) is 13.0 Å². The Bertz CT molecular complexity index is 406. The van der Waals surface area contributed by atoms with Crippen molar-refractivity contribution < 1.29 is 9.52 Å². The van der Waals surface area contributed by atoms with Gasteiger partial charge in [-0.15, -0.1) is 0 Å². The lowest BCUT2D eigenvalue weighted by Crippen LogP contribution is -2.16. The Balaban J connectivity index is 1.70. The Morgan fingerprint density at radius 2 is 1.88 bits per heavy atom. The van der Waals surface area contributed by atoms with Gasteiger partial charge in [-0.2, -0.15) is 0 Å². The second kappa shape index (κ2) is 5.37. The Kier molecular flexibility index (Phi) is 3.62. The molecular formula is C13H15NO2. The summed E-state index contributed by atoms with van der Waals surface area (Å²) in [5.41, 5.74) is 2.38. The van der Waals surface area contributed by atoms with Gasteiger partial charge in [-0.05, 0) is 36.7 Å². The molecule has 1 heterocycles. The highest BCUT2D eigenvalue weighted by Gasteiger charge is 1.95. The van der Waals surface area contributed by atoms with E-state index in [4.69, 9.17) is 9.52 Å². The summed E-state index contributed by atoms with van der Waals surface area (Å²) in [6, 6.07) is 9.26. The fraction of sp³-hybridized carbons (Fsp3) is 0.231. The summed E-state index contributed by atoms with van der Waals surface area (Å²) in [6.45, 7) is 1.74. The van der Waals surface area contributed by atoms with Crippen molar-refractivity contribution in [2.45, 2.75) is 13.0 Å². The standard InChI is InChI=1S/C13H15NO2/c15-13-3-1-11(2-4-13)5-7-14-9-12-6-8-16-10-12/h1-4,6,8,10,14-15H,5,7,9H2. The largest absolute Gasteiger partial charge is 0.508 e. The van der Waals surface area contributed by atoms with Gasteiger partial charge in [0.1, 0.15) is 5.75 Å². The van der Waals surface area contributed by atoms with E-state index in [0.717, 1.165) is 25.1 Å². The third-order valence-corrected chi connectivity index (χ3v) is 2.44. The zero-order valence-corrected chi connectivity index (χ0v) is 9.02. The van der Waals surface area contributed by atoms with Crippen molar-refractivity contribution in [3.8, 4) is 5.75 Å². The normalized spacial score (nSPS) is 10.5. The molecule has 0 atom stereocenters. The Labute approximate surface area is 94.7 Å². The van der Waals surface area contributed by atoms with E-state index < -0.39 is 0 Å². The van der Waals surface area contributed by atoms with Gasteiger partial charge in [-0.1, -0.05) is 12.1 Å². The summed E-state index contributed by atoms with van der Waals surface area (Å²) in [5.74, 6) is 0.315. The van der Waals surface area contributed by atoms with Crippen LogP contribution in [0.15, 0.2) is 47.3 Å². The maximum Gasteiger partial charge on any atom is 0.115 e. The first kappa shape index (κ1) is 10.8. The van der Waals surface area contributed by atoms with Gasteiger partial charge in [-0.3, -0.25) is 0 Å². The van der Waals surface area contributed by atoms with Crippen molar-refractivity contribution in [1.29, 1.82) is 0 Å². The summed E-state index contributed by atoms with van der Waals surface area (Å²) in [6.07, 6.45) is 4.38. The number of nitrogens with one attached hydrogen (secondary N) is 1. The molecule has 0 unspecified atom stereocenters. The third kappa shape index (κ3) is 3.14. The lowest BCUT2D eigenvalue weighted by molar-refractivity contribution is 0.475. The number of phenolic OH excluding ortho intramolecular Hbond substituents is 1. The number of hydrogen-bond donors (Lipinski definition) is 2. The van der Waals surface area contributed by atoms with E-state index in [1.165, 1.54) is 5.56 Å². The summed E-state index contributed by atoms with van der Waals surface area (Å²) < 4.78 is 4.98. The Hall–Kier alpha value is -1.74. The molecule has 84 valence electrons. The Morgan fingerprint density at radius 1 is 1.06 bits per heavy atom. The van der Waals surface area contributed by atoms with Crippen LogP contribution in [0.4, 0.5) is 0 Å². The summed E-state index contributed by atoms with van der Waals surface area (Å²) in [7, 11) is 0. The molecule has 1 aromatic heterocycles. The van der Waals surface area contributed by atoms with Crippen molar-refractivity contribution >= 4 is 0 Å². The number of phenols is 1. The monoisotopic (exact) mass is 217 g/mol. The van der Waals surface area contributed by atoms with Crippen molar-refractivity contribution in [3.05, 3.63) is 54.0 Å². The lowest BCUT2D eigenvalue weighted by Gasteiger charge is -2.03. The number of benzene rings is 1. The van der Waals surface area contributed by atoms with Crippen LogP contribution in [0.25, 0.3) is 0 Å². The molecule has 0 spiro atoms. The minimum atomic E-state index is 0.315. The minimum absolute atomic E-state index is 0.315. The van der Waals surface area contributed by atoms with Crippen LogP contribution in [0, 0.1) is 0 Å². The molecule has 2 rings (SSSR count). The van der Waals surface area contributed by atoms with Crippen molar-refractivity contribution in [1.82, 2.24) is 5.32 Å². The van der Waals surface area contributed by atoms with E-state index in [-0.39, 0.29) is 0 Å². The first-order valence-corrected chi connectivity index (χ1v) is 5.34. The lowest BCUT2D eigenvalue weighted by atomic mass is 10.1. The summed E-state index contributed by atoms with van der Waals surface area (Å²) in [4.78, 5) is 0. The van der Waals surface area contributed by atoms with Crippen LogP contribution in [0.3, 0.4) is 0 Å². The van der Waals surface area contributed by atoms with Gasteiger partial charge >= 0.3 is 0 Å². The molecule has 0 saturated heterocycles. The molecule has 0 aliphatic carbocycles. The zero-order chi connectivity index (χ0) is 11.2. The van der Waals surface area contributed by atoms with E-state index in [9.17, 15) is 0 Å². The number of aromatic hydroxyl groups is 1. The maximum absolute atomic E-state index is 9.13. The average Bonchev–Trinajstić information content (AvgIpc) is 2.80. The molecule has 0 aliphatic heterocycles. The SMILES string of the molecule is Oc1ccc(CCNCc2ccoc2)cc1. The topological polar surface area (TPSA) is 45.4 Å². The van der Waals surface area contributed by atoms with Gasteiger partial charge in [0.05, 0.1) is 12.5 Å². The molecule has 16 heavy (non-hydrogen) atoms. The highest BCUT2D eigenvalue weighted by molar-refractivity contribution is 5.25. The molecule has 0 aliphatic rings. The van der Waals surface area contributed by atoms with Gasteiger partial charge in [-0.25, -0.2) is 0 Å². The average molecular weight is 217 g/mol. The second-order valence-corrected chi connectivity index (χ2v) is 3.72. The number of furan rings is 1. The predicted molar refractivity (Wildman–Crippen MR) is 62.2 cm³/mol. The number of hydrogen-bond acceptors (Lipinski definition) is 3.